The van der Waals surface area contributed by atoms with Crippen molar-refractivity contribution in [3.8, 4) is 11.5 Å². The third kappa shape index (κ3) is 3.15. The van der Waals surface area contributed by atoms with Crippen molar-refractivity contribution in [3.63, 3.8) is 0 Å². The second kappa shape index (κ2) is 6.54. The van der Waals surface area contributed by atoms with Crippen LogP contribution in [0.25, 0.3) is 5.57 Å². The van der Waals surface area contributed by atoms with Gasteiger partial charge >= 0.3 is 0 Å². The molecule has 2 heterocycles. The van der Waals surface area contributed by atoms with Crippen molar-refractivity contribution < 1.29 is 17.9 Å². The summed E-state index contributed by atoms with van der Waals surface area (Å²) in [6.45, 7) is 1.76. The van der Waals surface area contributed by atoms with Gasteiger partial charge in [-0.25, -0.2) is 8.42 Å². The molecule has 0 fully saturated rings. The molecule has 0 atom stereocenters. The van der Waals surface area contributed by atoms with Gasteiger partial charge in [0, 0.05) is 19.2 Å². The molecule has 0 amide bonds. The van der Waals surface area contributed by atoms with E-state index in [2.05, 4.69) is 12.1 Å². The van der Waals surface area contributed by atoms with Crippen molar-refractivity contribution in [2.24, 2.45) is 0 Å². The summed E-state index contributed by atoms with van der Waals surface area (Å²) < 4.78 is 38.3. The number of rotatable bonds is 3. The predicted octanol–water partition coefficient (Wildman–Crippen LogP) is 2.94. The van der Waals surface area contributed by atoms with Crippen molar-refractivity contribution in [1.82, 2.24) is 4.31 Å². The molecule has 25 heavy (non-hydrogen) atoms. The van der Waals surface area contributed by atoms with Crippen LogP contribution in [0.4, 0.5) is 0 Å². The molecule has 0 radical (unpaired) electrons. The van der Waals surface area contributed by atoms with Gasteiger partial charge < -0.3 is 9.47 Å². The van der Waals surface area contributed by atoms with Crippen LogP contribution in [0.2, 0.25) is 0 Å². The Morgan fingerprint density at radius 3 is 2.40 bits per heavy atom. The van der Waals surface area contributed by atoms with E-state index < -0.39 is 10.0 Å². The lowest BCUT2D eigenvalue weighted by Crippen LogP contribution is -2.34. The number of hydrogen-bond donors (Lipinski definition) is 0. The van der Waals surface area contributed by atoms with Gasteiger partial charge in [0.2, 0.25) is 10.0 Å². The summed E-state index contributed by atoms with van der Waals surface area (Å²) >= 11 is 0. The van der Waals surface area contributed by atoms with Gasteiger partial charge in [0.15, 0.2) is 11.5 Å². The Hall–Kier alpha value is -2.31. The molecule has 0 aromatic heterocycles. The van der Waals surface area contributed by atoms with Crippen LogP contribution in [-0.2, 0) is 10.0 Å². The van der Waals surface area contributed by atoms with Gasteiger partial charge in [-0.2, -0.15) is 4.31 Å². The summed E-state index contributed by atoms with van der Waals surface area (Å²) in [5.74, 6) is 1.08. The van der Waals surface area contributed by atoms with E-state index >= 15 is 0 Å². The highest BCUT2D eigenvalue weighted by molar-refractivity contribution is 7.89. The molecular formula is C19H19NO4S. The van der Waals surface area contributed by atoms with Crippen LogP contribution in [0.3, 0.4) is 0 Å². The molecule has 2 aromatic carbocycles. The molecule has 2 aliphatic rings. The molecule has 6 heteroatoms. The molecule has 0 N–H and O–H groups in total. The Bertz CT molecular complexity index is 906. The van der Waals surface area contributed by atoms with E-state index in [4.69, 9.17) is 9.47 Å². The van der Waals surface area contributed by atoms with Crippen molar-refractivity contribution >= 4 is 15.6 Å². The standard InChI is InChI=1S/C19H19NO4S/c21-25(22,17-6-7-18-19(14-17)24-13-12-23-18)20-10-8-16(9-11-20)15-4-2-1-3-5-15/h1-8,14H,9-13H2. The molecule has 0 unspecified atom stereocenters. The maximum Gasteiger partial charge on any atom is 0.243 e. The Balaban J connectivity index is 1.57. The highest BCUT2D eigenvalue weighted by atomic mass is 32.2. The third-order valence-electron chi connectivity index (χ3n) is 4.47. The van der Waals surface area contributed by atoms with E-state index in [0.29, 0.717) is 44.2 Å². The van der Waals surface area contributed by atoms with Crippen molar-refractivity contribution in [2.75, 3.05) is 26.3 Å². The summed E-state index contributed by atoms with van der Waals surface area (Å²) in [7, 11) is -3.55. The van der Waals surface area contributed by atoms with E-state index in [1.807, 2.05) is 24.3 Å². The van der Waals surface area contributed by atoms with Gasteiger partial charge in [0.25, 0.3) is 0 Å². The van der Waals surface area contributed by atoms with Crippen molar-refractivity contribution in [3.05, 3.63) is 60.2 Å². The summed E-state index contributed by atoms with van der Waals surface area (Å²) in [4.78, 5) is 0.244. The topological polar surface area (TPSA) is 55.8 Å². The van der Waals surface area contributed by atoms with Gasteiger partial charge in [-0.1, -0.05) is 36.4 Å². The number of fused-ring (bicyclic) bond motifs is 1. The Labute approximate surface area is 147 Å². The zero-order chi connectivity index (χ0) is 17.3. The number of ether oxygens (including phenoxy) is 2. The fourth-order valence-electron chi connectivity index (χ4n) is 3.12. The molecule has 4 rings (SSSR count). The van der Waals surface area contributed by atoms with E-state index in [1.165, 1.54) is 9.88 Å². The number of sulfonamides is 1. The lowest BCUT2D eigenvalue weighted by atomic mass is 10.0. The van der Waals surface area contributed by atoms with Crippen LogP contribution in [0.5, 0.6) is 11.5 Å². The Kier molecular flexibility index (Phi) is 4.23. The molecule has 0 saturated heterocycles. The smallest absolute Gasteiger partial charge is 0.243 e. The lowest BCUT2D eigenvalue weighted by Gasteiger charge is -2.26. The van der Waals surface area contributed by atoms with Crippen LogP contribution >= 0.6 is 0 Å². The average molecular weight is 357 g/mol. The molecule has 0 bridgehead atoms. The SMILES string of the molecule is O=S(=O)(c1ccc2c(c1)OCCO2)N1CC=C(c2ccccc2)CC1. The minimum absolute atomic E-state index is 0.244. The normalized spacial score (nSPS) is 17.8. The van der Waals surface area contributed by atoms with Crippen molar-refractivity contribution in [1.29, 1.82) is 0 Å². The zero-order valence-electron chi connectivity index (χ0n) is 13.7. The van der Waals surface area contributed by atoms with Crippen molar-refractivity contribution in [2.45, 2.75) is 11.3 Å². The summed E-state index contributed by atoms with van der Waals surface area (Å²) in [6, 6.07) is 14.9. The van der Waals surface area contributed by atoms with Gasteiger partial charge in [0.1, 0.15) is 13.2 Å². The van der Waals surface area contributed by atoms with Gasteiger partial charge in [-0.15, -0.1) is 0 Å². The molecule has 130 valence electrons. The first-order valence-electron chi connectivity index (χ1n) is 8.29. The first-order chi connectivity index (χ1) is 12.1. The number of hydrogen-bond acceptors (Lipinski definition) is 4. The summed E-state index contributed by atoms with van der Waals surface area (Å²) in [5.41, 5.74) is 2.34. The maximum atomic E-state index is 12.9. The fourth-order valence-corrected chi connectivity index (χ4v) is 4.51. The third-order valence-corrected chi connectivity index (χ3v) is 6.33. The molecule has 0 spiro atoms. The molecule has 2 aliphatic heterocycles. The molecule has 2 aromatic rings. The molecular weight excluding hydrogens is 338 g/mol. The van der Waals surface area contributed by atoms with E-state index in [0.717, 1.165) is 5.56 Å². The van der Waals surface area contributed by atoms with E-state index in [9.17, 15) is 8.42 Å². The monoisotopic (exact) mass is 357 g/mol. The molecule has 0 saturated carbocycles. The van der Waals surface area contributed by atoms with Crippen LogP contribution < -0.4 is 9.47 Å². The largest absolute Gasteiger partial charge is 0.486 e. The predicted molar refractivity (Wildman–Crippen MR) is 95.2 cm³/mol. The number of benzene rings is 2. The van der Waals surface area contributed by atoms with Crippen LogP contribution in [0.15, 0.2) is 59.5 Å². The number of nitrogens with zero attached hydrogens (tertiary/aromatic N) is 1. The van der Waals surface area contributed by atoms with Gasteiger partial charge in [0.05, 0.1) is 4.90 Å². The average Bonchev–Trinajstić information content (AvgIpc) is 2.68. The first-order valence-corrected chi connectivity index (χ1v) is 9.73. The Morgan fingerprint density at radius 1 is 0.920 bits per heavy atom. The summed E-state index contributed by atoms with van der Waals surface area (Å²) in [5, 5.41) is 0. The fraction of sp³-hybridized carbons (Fsp3) is 0.263. The quantitative estimate of drug-likeness (QED) is 0.848. The van der Waals surface area contributed by atoms with Crippen LogP contribution in [-0.4, -0.2) is 39.0 Å². The van der Waals surface area contributed by atoms with Gasteiger partial charge in [-0.05, 0) is 29.7 Å². The van der Waals surface area contributed by atoms with E-state index in [1.54, 1.807) is 18.2 Å². The minimum Gasteiger partial charge on any atom is -0.486 e. The molecule has 0 aliphatic carbocycles. The lowest BCUT2D eigenvalue weighted by molar-refractivity contribution is 0.171. The summed E-state index contributed by atoms with van der Waals surface area (Å²) in [6.07, 6.45) is 2.70. The van der Waals surface area contributed by atoms with Crippen LogP contribution in [0.1, 0.15) is 12.0 Å². The highest BCUT2D eigenvalue weighted by Crippen LogP contribution is 2.34. The second-order valence-electron chi connectivity index (χ2n) is 6.01. The van der Waals surface area contributed by atoms with Crippen LogP contribution in [0, 0.1) is 0 Å². The second-order valence-corrected chi connectivity index (χ2v) is 7.95. The first kappa shape index (κ1) is 16.2. The zero-order valence-corrected chi connectivity index (χ0v) is 14.5. The molecule has 5 nitrogen and oxygen atoms in total. The minimum atomic E-state index is -3.55. The van der Waals surface area contributed by atoms with E-state index in [-0.39, 0.29) is 4.90 Å². The highest BCUT2D eigenvalue weighted by Gasteiger charge is 2.28. The van der Waals surface area contributed by atoms with Gasteiger partial charge in [-0.3, -0.25) is 0 Å². The maximum absolute atomic E-state index is 12.9. The Morgan fingerprint density at radius 2 is 1.68 bits per heavy atom.